The van der Waals surface area contributed by atoms with E-state index >= 15 is 0 Å². The van der Waals surface area contributed by atoms with Crippen LogP contribution in [-0.4, -0.2) is 130 Å². The summed E-state index contributed by atoms with van der Waals surface area (Å²) in [6, 6.07) is 20.7. The van der Waals surface area contributed by atoms with Crippen molar-refractivity contribution in [3.8, 4) is 10.4 Å². The summed E-state index contributed by atoms with van der Waals surface area (Å²) in [5.41, 5.74) is 7.91. The molecule has 2 aromatic heterocycles. The molecule has 3 fully saturated rings. The quantitative estimate of drug-likeness (QED) is 0.0459. The van der Waals surface area contributed by atoms with Crippen LogP contribution in [-0.2, 0) is 36.9 Å². The number of nitrogens with one attached hydrogen (secondary N) is 5. The van der Waals surface area contributed by atoms with Crippen LogP contribution in [0.15, 0.2) is 84.4 Å². The minimum atomic E-state index is -0.957. The zero-order chi connectivity index (χ0) is 55.1. The number of hydrogen-bond donors (Lipinski definition) is 6. The van der Waals surface area contributed by atoms with Gasteiger partial charge in [0.05, 0.1) is 33.3 Å². The number of aliphatic hydroxyl groups excluding tert-OH is 1. The fourth-order valence-corrected chi connectivity index (χ4v) is 11.3. The van der Waals surface area contributed by atoms with Crippen LogP contribution in [0.1, 0.15) is 98.5 Å². The number of aromatic nitrogens is 3. The molecule has 6 aromatic rings. The summed E-state index contributed by atoms with van der Waals surface area (Å²) in [7, 11) is 0. The van der Waals surface area contributed by atoms with Crippen molar-refractivity contribution in [3.05, 3.63) is 124 Å². The Morgan fingerprint density at radius 3 is 2.29 bits per heavy atom. The zero-order valence-corrected chi connectivity index (χ0v) is 45.3. The summed E-state index contributed by atoms with van der Waals surface area (Å²) >= 11 is 1.57. The van der Waals surface area contributed by atoms with Crippen LogP contribution >= 0.6 is 11.3 Å². The number of carbonyl (C=O) groups excluding carboxylic acids is 5. The Balaban J connectivity index is 0.750. The topological polar surface area (TPSA) is 214 Å². The lowest BCUT2D eigenvalue weighted by Crippen LogP contribution is -2.57. The molecule has 3 aliphatic rings. The molecule has 0 radical (unpaired) electrons. The minimum absolute atomic E-state index is 0.00694. The van der Waals surface area contributed by atoms with E-state index in [2.05, 4.69) is 41.3 Å². The van der Waals surface area contributed by atoms with E-state index in [1.54, 1.807) is 17.4 Å². The molecule has 6 N–H and O–H groups in total. The lowest BCUT2D eigenvalue weighted by molar-refractivity contribution is -0.144. The summed E-state index contributed by atoms with van der Waals surface area (Å²) in [5.74, 6) is -2.50. The first kappa shape index (κ1) is 55.5. The Morgan fingerprint density at radius 2 is 1.59 bits per heavy atom. The van der Waals surface area contributed by atoms with E-state index < -0.39 is 41.1 Å². The van der Waals surface area contributed by atoms with Gasteiger partial charge in [-0.15, -0.1) is 11.3 Å². The smallest absolute Gasteiger partial charge is 0.258 e. The number of halogens is 2. The monoisotopic (exact) mass is 1090 g/mol. The molecular weight excluding hydrogens is 1020 g/mol. The SMILES string of the molecule is Cc1ncsc1-c1ccc(CNC(=O)C2CC(O)CN2C(=O)C(NC(=O)CCCCC(=O)N2CCN(c3ccc(C(=O)Nc4n[nH]c5ccc(Cc6cc(F)cc(F)c6)cc45)c(NC4CCOCC4)c3)CC2)C(C)(C)C)cc1. The van der Waals surface area contributed by atoms with Gasteiger partial charge in [0, 0.05) is 101 Å². The summed E-state index contributed by atoms with van der Waals surface area (Å²) < 4.78 is 33.5. The second-order valence-corrected chi connectivity index (χ2v) is 22.5. The molecule has 0 bridgehead atoms. The fourth-order valence-electron chi connectivity index (χ4n) is 10.4. The standard InChI is InChI=1S/C58H68F2N10O7S/c1-35-52(78-34-62-35)39-12-9-36(10-13-39)32-61-56(75)49-31-44(71)33-70(49)57(76)53(58(2,3)4)64-50(72)7-5-6-8-51(73)69-21-19-68(20-22-69)43-14-15-45(48(30-43)63-42-17-23-77-24-18-42)55(74)65-54-46-28-37(11-16-47(46)66-67-54)25-38-26-40(59)29-41(60)27-38/h9-16,26-30,34,42,44,49,53,63,71H,5-8,17-25,31-33H2,1-4H3,(H,61,75)(H,64,72)(H2,65,66,67,74). The largest absolute Gasteiger partial charge is 0.391 e. The number of fused-ring (bicyclic) bond motifs is 1. The number of hydrogen-bond acceptors (Lipinski definition) is 12. The van der Waals surface area contributed by atoms with Crippen LogP contribution in [0.3, 0.4) is 0 Å². The van der Waals surface area contributed by atoms with Crippen LogP contribution in [0.5, 0.6) is 0 Å². The second kappa shape index (κ2) is 24.6. The molecule has 0 spiro atoms. The van der Waals surface area contributed by atoms with Gasteiger partial charge < -0.3 is 45.8 Å². The third kappa shape index (κ3) is 13.7. The first-order chi connectivity index (χ1) is 37.4. The summed E-state index contributed by atoms with van der Waals surface area (Å²) in [5, 5.41) is 31.1. The number of carbonyl (C=O) groups is 5. The number of nitrogens with zero attached hydrogens (tertiary/aromatic N) is 5. The molecule has 3 aliphatic heterocycles. The third-order valence-corrected chi connectivity index (χ3v) is 15.7. The number of anilines is 3. The summed E-state index contributed by atoms with van der Waals surface area (Å²) in [6.07, 6.45) is 2.30. The van der Waals surface area contributed by atoms with Crippen molar-refractivity contribution in [2.24, 2.45) is 5.41 Å². The molecule has 78 heavy (non-hydrogen) atoms. The predicted molar refractivity (Wildman–Crippen MR) is 296 cm³/mol. The Hall–Kier alpha value is -7.29. The van der Waals surface area contributed by atoms with E-state index in [4.69, 9.17) is 4.74 Å². The molecule has 412 valence electrons. The van der Waals surface area contributed by atoms with Crippen molar-refractivity contribution < 1.29 is 42.6 Å². The molecular formula is C58H68F2N10O7S. The van der Waals surface area contributed by atoms with Gasteiger partial charge in [-0.2, -0.15) is 5.10 Å². The molecule has 0 aliphatic carbocycles. The molecule has 17 nitrogen and oxygen atoms in total. The van der Waals surface area contributed by atoms with Gasteiger partial charge in [-0.25, -0.2) is 13.8 Å². The number of piperazine rings is 1. The molecule has 5 heterocycles. The highest BCUT2D eigenvalue weighted by Gasteiger charge is 2.44. The maximum Gasteiger partial charge on any atom is 0.258 e. The number of unbranched alkanes of at least 4 members (excludes halogenated alkanes) is 1. The molecule has 20 heteroatoms. The van der Waals surface area contributed by atoms with Crippen LogP contribution in [0.4, 0.5) is 26.0 Å². The van der Waals surface area contributed by atoms with Crippen LogP contribution < -0.4 is 26.2 Å². The summed E-state index contributed by atoms with van der Waals surface area (Å²) in [4.78, 5) is 79.5. The van der Waals surface area contributed by atoms with Gasteiger partial charge in [0.25, 0.3) is 5.91 Å². The first-order valence-corrected chi connectivity index (χ1v) is 27.6. The molecule has 3 unspecified atom stereocenters. The van der Waals surface area contributed by atoms with Crippen molar-refractivity contribution in [2.45, 2.75) is 110 Å². The number of H-pyrrole nitrogens is 1. The molecule has 3 saturated heterocycles. The van der Waals surface area contributed by atoms with Gasteiger partial charge in [-0.3, -0.25) is 29.1 Å². The Labute approximate surface area is 456 Å². The molecule has 0 saturated carbocycles. The first-order valence-electron chi connectivity index (χ1n) is 26.7. The van der Waals surface area contributed by atoms with E-state index in [1.165, 1.54) is 17.0 Å². The van der Waals surface area contributed by atoms with E-state index in [0.29, 0.717) is 85.8 Å². The van der Waals surface area contributed by atoms with Crippen LogP contribution in [0.2, 0.25) is 0 Å². The molecule has 9 rings (SSSR count). The second-order valence-electron chi connectivity index (χ2n) is 21.6. The number of aromatic amines is 1. The molecule has 3 atom stereocenters. The third-order valence-electron chi connectivity index (χ3n) is 14.8. The number of ether oxygens (including phenoxy) is 1. The van der Waals surface area contributed by atoms with Gasteiger partial charge in [0.2, 0.25) is 23.6 Å². The summed E-state index contributed by atoms with van der Waals surface area (Å²) in [6.45, 7) is 11.0. The average Bonchev–Trinajstić information content (AvgIpc) is 4.23. The average molecular weight is 1090 g/mol. The number of β-amino-alcohol motifs (C(OH)–C–C–N with tert-alkyl or cyclic N) is 1. The molecule has 4 aromatic carbocycles. The normalized spacial score (nSPS) is 17.5. The van der Waals surface area contributed by atoms with Gasteiger partial charge >= 0.3 is 0 Å². The van der Waals surface area contributed by atoms with Crippen LogP contribution in [0, 0.1) is 24.0 Å². The number of aliphatic hydroxyl groups is 1. The van der Waals surface area contributed by atoms with Gasteiger partial charge in [0.1, 0.15) is 23.7 Å². The van der Waals surface area contributed by atoms with E-state index in [9.17, 15) is 37.9 Å². The van der Waals surface area contributed by atoms with E-state index in [0.717, 1.165) is 51.9 Å². The highest BCUT2D eigenvalue weighted by Crippen LogP contribution is 2.32. The Morgan fingerprint density at radius 1 is 0.872 bits per heavy atom. The fraction of sp³-hybridized carbons (Fsp3) is 0.431. The number of amides is 5. The number of rotatable bonds is 18. The van der Waals surface area contributed by atoms with Crippen molar-refractivity contribution >= 4 is 69.0 Å². The maximum atomic E-state index is 14.2. The van der Waals surface area contributed by atoms with E-state index in [1.807, 2.05) is 92.7 Å². The van der Waals surface area contributed by atoms with Crippen molar-refractivity contribution in [1.82, 2.24) is 35.6 Å². The van der Waals surface area contributed by atoms with Crippen molar-refractivity contribution in [2.75, 3.05) is 61.5 Å². The highest BCUT2D eigenvalue weighted by atomic mass is 32.1. The lowest BCUT2D eigenvalue weighted by Gasteiger charge is -2.36. The number of thiazole rings is 1. The zero-order valence-electron chi connectivity index (χ0n) is 44.5. The van der Waals surface area contributed by atoms with Crippen molar-refractivity contribution in [3.63, 3.8) is 0 Å². The maximum absolute atomic E-state index is 14.2. The number of benzene rings is 4. The highest BCUT2D eigenvalue weighted by molar-refractivity contribution is 7.13. The Bertz CT molecular complexity index is 3110. The van der Waals surface area contributed by atoms with Gasteiger partial charge in [-0.1, -0.05) is 51.1 Å². The van der Waals surface area contributed by atoms with Crippen LogP contribution in [0.25, 0.3) is 21.3 Å². The Kier molecular flexibility index (Phi) is 17.5. The number of likely N-dealkylation sites (tertiary alicyclic amines) is 1. The number of aryl methyl sites for hydroxylation is 1. The lowest BCUT2D eigenvalue weighted by atomic mass is 9.85. The van der Waals surface area contributed by atoms with E-state index in [-0.39, 0.29) is 68.4 Å². The minimum Gasteiger partial charge on any atom is -0.391 e. The predicted octanol–water partition coefficient (Wildman–Crippen LogP) is 7.73. The van der Waals surface area contributed by atoms with Crippen molar-refractivity contribution in [1.29, 1.82) is 0 Å². The molecule has 5 amide bonds. The van der Waals surface area contributed by atoms with Gasteiger partial charge in [-0.05, 0) is 109 Å². The van der Waals surface area contributed by atoms with Gasteiger partial charge in [0.15, 0.2) is 5.82 Å².